The van der Waals surface area contributed by atoms with Gasteiger partial charge in [0.1, 0.15) is 5.82 Å². The van der Waals surface area contributed by atoms with Crippen LogP contribution in [0.4, 0.5) is 5.82 Å². The molecule has 0 saturated carbocycles. The summed E-state index contributed by atoms with van der Waals surface area (Å²) in [6.07, 6.45) is 1.83. The Morgan fingerprint density at radius 3 is 2.36 bits per heavy atom. The van der Waals surface area contributed by atoms with Crippen molar-refractivity contribution in [1.29, 1.82) is 0 Å². The van der Waals surface area contributed by atoms with Gasteiger partial charge in [-0.15, -0.1) is 0 Å². The molecule has 0 spiro atoms. The molecule has 0 saturated heterocycles. The highest BCUT2D eigenvalue weighted by Crippen LogP contribution is 2.09. The zero-order valence-electron chi connectivity index (χ0n) is 7.72. The summed E-state index contributed by atoms with van der Waals surface area (Å²) < 4.78 is 1.73. The van der Waals surface area contributed by atoms with E-state index in [2.05, 4.69) is 5.10 Å². The van der Waals surface area contributed by atoms with Crippen molar-refractivity contribution in [3.8, 4) is 5.69 Å². The maximum absolute atomic E-state index is 5.52. The van der Waals surface area contributed by atoms with Crippen LogP contribution < -0.4 is 11.5 Å². The number of hydrogen-bond donors (Lipinski definition) is 2. The molecule has 2 aromatic rings. The zero-order chi connectivity index (χ0) is 9.97. The lowest BCUT2D eigenvalue weighted by molar-refractivity contribution is 0.884. The molecule has 72 valence electrons. The van der Waals surface area contributed by atoms with Gasteiger partial charge in [0.25, 0.3) is 0 Å². The van der Waals surface area contributed by atoms with Gasteiger partial charge in [0, 0.05) is 18.8 Å². The number of benzene rings is 1. The normalized spacial score (nSPS) is 10.4. The van der Waals surface area contributed by atoms with Crippen molar-refractivity contribution in [2.24, 2.45) is 5.73 Å². The van der Waals surface area contributed by atoms with Crippen LogP contribution in [0.3, 0.4) is 0 Å². The topological polar surface area (TPSA) is 69.9 Å². The fourth-order valence-corrected chi connectivity index (χ4v) is 1.27. The van der Waals surface area contributed by atoms with Crippen LogP contribution in [0.25, 0.3) is 5.69 Å². The molecular weight excluding hydrogens is 176 g/mol. The second-order valence-electron chi connectivity index (χ2n) is 3.06. The summed E-state index contributed by atoms with van der Waals surface area (Å²) in [5.74, 6) is 0.521. The van der Waals surface area contributed by atoms with E-state index < -0.39 is 0 Å². The first-order chi connectivity index (χ1) is 6.79. The van der Waals surface area contributed by atoms with Crippen LogP contribution in [0, 0.1) is 0 Å². The summed E-state index contributed by atoms with van der Waals surface area (Å²) >= 11 is 0. The van der Waals surface area contributed by atoms with Crippen LogP contribution in [0.1, 0.15) is 5.56 Å². The molecule has 1 aromatic carbocycles. The molecule has 1 aromatic heterocycles. The minimum Gasteiger partial charge on any atom is -0.382 e. The van der Waals surface area contributed by atoms with Gasteiger partial charge in [0.2, 0.25) is 0 Å². The van der Waals surface area contributed by atoms with Gasteiger partial charge in [0.15, 0.2) is 0 Å². The molecule has 4 N–H and O–H groups in total. The Morgan fingerprint density at radius 2 is 1.86 bits per heavy atom. The fraction of sp³-hybridized carbons (Fsp3) is 0.100. The van der Waals surface area contributed by atoms with Crippen molar-refractivity contribution in [1.82, 2.24) is 9.78 Å². The molecule has 4 heteroatoms. The molecule has 0 aliphatic carbocycles. The Labute approximate surface area is 82.1 Å². The molecule has 2 rings (SSSR count). The van der Waals surface area contributed by atoms with Gasteiger partial charge in [-0.05, 0) is 17.7 Å². The van der Waals surface area contributed by atoms with E-state index in [1.807, 2.05) is 30.5 Å². The summed E-state index contributed by atoms with van der Waals surface area (Å²) in [5.41, 5.74) is 13.1. The monoisotopic (exact) mass is 188 g/mol. The highest BCUT2D eigenvalue weighted by atomic mass is 15.3. The van der Waals surface area contributed by atoms with Crippen LogP contribution in [0.2, 0.25) is 0 Å². The lowest BCUT2D eigenvalue weighted by atomic mass is 10.2. The van der Waals surface area contributed by atoms with Crippen molar-refractivity contribution in [2.45, 2.75) is 6.54 Å². The van der Waals surface area contributed by atoms with E-state index in [4.69, 9.17) is 11.5 Å². The number of nitrogens with two attached hydrogens (primary N) is 2. The average Bonchev–Trinajstić information content (AvgIpc) is 2.65. The number of nitrogens with zero attached hydrogens (tertiary/aromatic N) is 2. The van der Waals surface area contributed by atoms with Gasteiger partial charge in [-0.1, -0.05) is 12.1 Å². The minimum absolute atomic E-state index is 0.521. The first-order valence-electron chi connectivity index (χ1n) is 4.40. The summed E-state index contributed by atoms with van der Waals surface area (Å²) in [6.45, 7) is 0.557. The van der Waals surface area contributed by atoms with Crippen LogP contribution in [0.5, 0.6) is 0 Å². The molecule has 0 atom stereocenters. The highest BCUT2D eigenvalue weighted by molar-refractivity contribution is 5.36. The van der Waals surface area contributed by atoms with Gasteiger partial charge in [-0.25, -0.2) is 4.68 Å². The number of anilines is 1. The molecule has 0 unspecified atom stereocenters. The van der Waals surface area contributed by atoms with E-state index in [1.165, 1.54) is 0 Å². The van der Waals surface area contributed by atoms with E-state index in [9.17, 15) is 0 Å². The second-order valence-corrected chi connectivity index (χ2v) is 3.06. The Balaban J connectivity index is 2.33. The second kappa shape index (κ2) is 3.51. The smallest absolute Gasteiger partial charge is 0.145 e. The lowest BCUT2D eigenvalue weighted by Crippen LogP contribution is -1.99. The van der Waals surface area contributed by atoms with Crippen molar-refractivity contribution in [2.75, 3.05) is 5.73 Å². The highest BCUT2D eigenvalue weighted by Gasteiger charge is 1.97. The number of hydrogen-bond acceptors (Lipinski definition) is 3. The average molecular weight is 188 g/mol. The fourth-order valence-electron chi connectivity index (χ4n) is 1.27. The summed E-state index contributed by atoms with van der Waals surface area (Å²) in [7, 11) is 0. The molecule has 0 aliphatic rings. The Hall–Kier alpha value is -1.81. The maximum Gasteiger partial charge on any atom is 0.145 e. The molecular formula is C10H12N4. The molecule has 0 bridgehead atoms. The van der Waals surface area contributed by atoms with E-state index in [0.717, 1.165) is 11.3 Å². The van der Waals surface area contributed by atoms with E-state index >= 15 is 0 Å². The summed E-state index contributed by atoms with van der Waals surface area (Å²) in [4.78, 5) is 0. The number of nitrogen functional groups attached to an aromatic ring is 1. The van der Waals surface area contributed by atoms with Crippen molar-refractivity contribution >= 4 is 5.82 Å². The van der Waals surface area contributed by atoms with E-state index in [0.29, 0.717) is 12.4 Å². The van der Waals surface area contributed by atoms with E-state index in [-0.39, 0.29) is 0 Å². The molecule has 14 heavy (non-hydrogen) atoms. The first kappa shape index (κ1) is 8.77. The minimum atomic E-state index is 0.521. The Bertz CT molecular complexity index is 416. The Kier molecular flexibility index (Phi) is 2.20. The molecule has 4 nitrogen and oxygen atoms in total. The predicted molar refractivity (Wildman–Crippen MR) is 55.9 cm³/mol. The van der Waals surface area contributed by atoms with E-state index in [1.54, 1.807) is 10.7 Å². The van der Waals surface area contributed by atoms with Gasteiger partial charge in [-0.3, -0.25) is 0 Å². The quantitative estimate of drug-likeness (QED) is 0.736. The molecule has 1 heterocycles. The van der Waals surface area contributed by atoms with Gasteiger partial charge in [-0.2, -0.15) is 5.10 Å². The predicted octanol–water partition coefficient (Wildman–Crippen LogP) is 0.913. The lowest BCUT2D eigenvalue weighted by Gasteiger charge is -2.01. The van der Waals surface area contributed by atoms with Crippen molar-refractivity contribution < 1.29 is 0 Å². The summed E-state index contributed by atoms with van der Waals surface area (Å²) in [5, 5.41) is 4.10. The van der Waals surface area contributed by atoms with Crippen LogP contribution in [-0.4, -0.2) is 9.78 Å². The maximum atomic E-state index is 5.52. The van der Waals surface area contributed by atoms with Crippen molar-refractivity contribution in [3.05, 3.63) is 42.1 Å². The third-order valence-corrected chi connectivity index (χ3v) is 2.05. The van der Waals surface area contributed by atoms with Crippen molar-refractivity contribution in [3.63, 3.8) is 0 Å². The van der Waals surface area contributed by atoms with Gasteiger partial charge < -0.3 is 11.5 Å². The molecule has 0 fully saturated rings. The Morgan fingerprint density at radius 1 is 1.14 bits per heavy atom. The molecule has 0 aliphatic heterocycles. The summed E-state index contributed by atoms with van der Waals surface area (Å²) in [6, 6.07) is 9.65. The third-order valence-electron chi connectivity index (χ3n) is 2.05. The number of rotatable bonds is 2. The standard InChI is InChI=1S/C10H12N4/c11-7-8-1-3-9(4-2-8)14-6-5-10(12)13-14/h1-6H,7,11H2,(H2,12,13). The van der Waals surface area contributed by atoms with Gasteiger partial charge >= 0.3 is 0 Å². The van der Waals surface area contributed by atoms with Crippen LogP contribution in [0.15, 0.2) is 36.5 Å². The SMILES string of the molecule is NCc1ccc(-n2ccc(N)n2)cc1. The molecule has 0 radical (unpaired) electrons. The number of aromatic nitrogens is 2. The third kappa shape index (κ3) is 1.60. The molecule has 0 amide bonds. The largest absolute Gasteiger partial charge is 0.382 e. The van der Waals surface area contributed by atoms with Crippen LogP contribution >= 0.6 is 0 Å². The van der Waals surface area contributed by atoms with Crippen LogP contribution in [-0.2, 0) is 6.54 Å². The zero-order valence-corrected chi connectivity index (χ0v) is 7.72. The van der Waals surface area contributed by atoms with Gasteiger partial charge in [0.05, 0.1) is 5.69 Å². The first-order valence-corrected chi connectivity index (χ1v) is 4.40.